The summed E-state index contributed by atoms with van der Waals surface area (Å²) in [7, 11) is 0. The molecule has 0 saturated carbocycles. The molecule has 25 heavy (non-hydrogen) atoms. The first kappa shape index (κ1) is 16.9. The van der Waals surface area contributed by atoms with Crippen molar-refractivity contribution >= 4 is 17.5 Å². The molecule has 0 atom stereocenters. The fraction of sp³-hybridized carbons (Fsp3) is 0.0588. The number of rotatable bonds is 5. The first-order valence-electron chi connectivity index (χ1n) is 7.15. The maximum absolute atomic E-state index is 13.6. The minimum atomic E-state index is -0.978. The van der Waals surface area contributed by atoms with Crippen LogP contribution < -0.4 is 10.5 Å². The van der Waals surface area contributed by atoms with Gasteiger partial charge >= 0.3 is 0 Å². The van der Waals surface area contributed by atoms with Gasteiger partial charge in [0.25, 0.3) is 5.91 Å². The molecule has 5 nitrogen and oxygen atoms in total. The lowest BCUT2D eigenvalue weighted by atomic mass is 10.1. The molecule has 2 aromatic carbocycles. The quantitative estimate of drug-likeness (QED) is 0.755. The number of ether oxygens (including phenoxy) is 1. The zero-order chi connectivity index (χ0) is 18.0. The summed E-state index contributed by atoms with van der Waals surface area (Å²) in [5, 5.41) is 0.418. The van der Waals surface area contributed by atoms with Gasteiger partial charge < -0.3 is 10.5 Å². The molecule has 0 unspecified atom stereocenters. The SMILES string of the molecule is NC(=O)COc1ccc(Cl)cc1-c1nccn1-c1ccc(F)c(F)c1. The molecule has 1 aromatic heterocycles. The van der Waals surface area contributed by atoms with Gasteiger partial charge in [0.15, 0.2) is 18.2 Å². The zero-order valence-electron chi connectivity index (χ0n) is 12.7. The molecule has 0 aliphatic carbocycles. The molecule has 0 radical (unpaired) electrons. The average molecular weight is 364 g/mol. The van der Waals surface area contributed by atoms with Gasteiger partial charge in [-0.2, -0.15) is 0 Å². The summed E-state index contributed by atoms with van der Waals surface area (Å²) in [6.07, 6.45) is 3.08. The Hall–Kier alpha value is -2.93. The molecule has 0 saturated heterocycles. The number of carbonyl (C=O) groups excluding carboxylic acids is 1. The van der Waals surface area contributed by atoms with Crippen molar-refractivity contribution < 1.29 is 18.3 Å². The Bertz CT molecular complexity index is 943. The van der Waals surface area contributed by atoms with Gasteiger partial charge in [-0.05, 0) is 30.3 Å². The second-order valence-corrected chi connectivity index (χ2v) is 5.55. The first-order valence-corrected chi connectivity index (χ1v) is 7.53. The lowest BCUT2D eigenvalue weighted by Gasteiger charge is -2.13. The van der Waals surface area contributed by atoms with Crippen molar-refractivity contribution in [1.29, 1.82) is 0 Å². The van der Waals surface area contributed by atoms with Crippen LogP contribution in [0.3, 0.4) is 0 Å². The number of hydrogen-bond acceptors (Lipinski definition) is 3. The van der Waals surface area contributed by atoms with Crippen molar-refractivity contribution in [2.24, 2.45) is 5.73 Å². The van der Waals surface area contributed by atoms with Gasteiger partial charge in [-0.1, -0.05) is 11.6 Å². The van der Waals surface area contributed by atoms with E-state index in [-0.39, 0.29) is 6.61 Å². The molecule has 0 spiro atoms. The van der Waals surface area contributed by atoms with E-state index in [1.807, 2.05) is 0 Å². The standard InChI is InChI=1S/C17H12ClF2N3O2/c18-10-1-4-15(25-9-16(21)24)12(7-10)17-22-5-6-23(17)11-2-3-13(19)14(20)8-11/h1-8H,9H2,(H2,21,24). The highest BCUT2D eigenvalue weighted by Crippen LogP contribution is 2.33. The number of nitrogens with zero attached hydrogens (tertiary/aromatic N) is 2. The lowest BCUT2D eigenvalue weighted by molar-refractivity contribution is -0.119. The molecule has 3 aromatic rings. The summed E-state index contributed by atoms with van der Waals surface area (Å²) < 4.78 is 33.7. The average Bonchev–Trinajstić information content (AvgIpc) is 3.05. The fourth-order valence-corrected chi connectivity index (χ4v) is 2.47. The van der Waals surface area contributed by atoms with E-state index < -0.39 is 17.5 Å². The molecule has 1 heterocycles. The van der Waals surface area contributed by atoms with Crippen LogP contribution in [0.15, 0.2) is 48.8 Å². The van der Waals surface area contributed by atoms with E-state index in [9.17, 15) is 13.6 Å². The van der Waals surface area contributed by atoms with Crippen LogP contribution in [0.5, 0.6) is 5.75 Å². The molecule has 2 N–H and O–H groups in total. The van der Waals surface area contributed by atoms with Crippen molar-refractivity contribution in [3.8, 4) is 22.8 Å². The predicted octanol–water partition coefficient (Wildman–Crippen LogP) is 3.34. The number of aromatic nitrogens is 2. The molecular formula is C17H12ClF2N3O2. The van der Waals surface area contributed by atoms with Crippen molar-refractivity contribution in [3.63, 3.8) is 0 Å². The van der Waals surface area contributed by atoms with Gasteiger partial charge in [0, 0.05) is 23.5 Å². The number of hydrogen-bond donors (Lipinski definition) is 1. The molecule has 0 bridgehead atoms. The van der Waals surface area contributed by atoms with Gasteiger partial charge in [-0.15, -0.1) is 0 Å². The van der Waals surface area contributed by atoms with E-state index in [0.29, 0.717) is 27.8 Å². The van der Waals surface area contributed by atoms with E-state index >= 15 is 0 Å². The van der Waals surface area contributed by atoms with Crippen molar-refractivity contribution in [2.75, 3.05) is 6.61 Å². The Morgan fingerprint density at radius 2 is 2.00 bits per heavy atom. The molecule has 0 fully saturated rings. The number of nitrogens with two attached hydrogens (primary N) is 1. The van der Waals surface area contributed by atoms with Gasteiger partial charge in [0.2, 0.25) is 0 Å². The van der Waals surface area contributed by atoms with Crippen LogP contribution in [0.2, 0.25) is 5.02 Å². The molecule has 128 valence electrons. The molecule has 1 amide bonds. The number of imidazole rings is 1. The maximum atomic E-state index is 13.6. The number of amides is 1. The van der Waals surface area contributed by atoms with E-state index in [1.165, 1.54) is 12.3 Å². The van der Waals surface area contributed by atoms with Gasteiger partial charge in [-0.3, -0.25) is 9.36 Å². The number of carbonyl (C=O) groups is 1. The number of halogens is 3. The second-order valence-electron chi connectivity index (χ2n) is 5.11. The van der Waals surface area contributed by atoms with Crippen LogP contribution in [0.1, 0.15) is 0 Å². The molecular weight excluding hydrogens is 352 g/mol. The van der Waals surface area contributed by atoms with Crippen LogP contribution in [-0.2, 0) is 4.79 Å². The highest BCUT2D eigenvalue weighted by Gasteiger charge is 2.15. The molecule has 3 rings (SSSR count). The van der Waals surface area contributed by atoms with Crippen LogP contribution in [0.4, 0.5) is 8.78 Å². The Morgan fingerprint density at radius 3 is 2.72 bits per heavy atom. The predicted molar refractivity (Wildman–Crippen MR) is 88.6 cm³/mol. The zero-order valence-corrected chi connectivity index (χ0v) is 13.5. The third-order valence-corrected chi connectivity index (χ3v) is 3.61. The van der Waals surface area contributed by atoms with Gasteiger partial charge in [-0.25, -0.2) is 13.8 Å². The monoisotopic (exact) mass is 363 g/mol. The Morgan fingerprint density at radius 1 is 1.20 bits per heavy atom. The molecule has 8 heteroatoms. The van der Waals surface area contributed by atoms with Gasteiger partial charge in [0.05, 0.1) is 11.3 Å². The summed E-state index contributed by atoms with van der Waals surface area (Å²) in [6, 6.07) is 8.25. The van der Waals surface area contributed by atoms with Crippen LogP contribution in [0, 0.1) is 11.6 Å². The van der Waals surface area contributed by atoms with E-state index in [2.05, 4.69) is 4.98 Å². The lowest BCUT2D eigenvalue weighted by Crippen LogP contribution is -2.20. The van der Waals surface area contributed by atoms with E-state index in [4.69, 9.17) is 22.1 Å². The molecule has 0 aliphatic rings. The Balaban J connectivity index is 2.09. The third kappa shape index (κ3) is 3.61. The van der Waals surface area contributed by atoms with Crippen LogP contribution in [-0.4, -0.2) is 22.1 Å². The van der Waals surface area contributed by atoms with E-state index in [1.54, 1.807) is 29.0 Å². The highest BCUT2D eigenvalue weighted by molar-refractivity contribution is 6.30. The number of benzene rings is 2. The summed E-state index contributed by atoms with van der Waals surface area (Å²) in [5.74, 6) is -1.84. The van der Waals surface area contributed by atoms with Gasteiger partial charge in [0.1, 0.15) is 11.6 Å². The van der Waals surface area contributed by atoms with Crippen molar-refractivity contribution in [2.45, 2.75) is 0 Å². The first-order chi connectivity index (χ1) is 12.0. The summed E-state index contributed by atoms with van der Waals surface area (Å²) in [5.41, 5.74) is 5.95. The second kappa shape index (κ2) is 6.90. The maximum Gasteiger partial charge on any atom is 0.255 e. The summed E-state index contributed by atoms with van der Waals surface area (Å²) in [4.78, 5) is 15.2. The normalized spacial score (nSPS) is 10.7. The summed E-state index contributed by atoms with van der Waals surface area (Å²) >= 11 is 6.05. The topological polar surface area (TPSA) is 70.1 Å². The van der Waals surface area contributed by atoms with Crippen LogP contribution in [0.25, 0.3) is 17.1 Å². The minimum Gasteiger partial charge on any atom is -0.483 e. The van der Waals surface area contributed by atoms with E-state index in [0.717, 1.165) is 12.1 Å². The Kier molecular flexibility index (Phi) is 4.67. The highest BCUT2D eigenvalue weighted by atomic mass is 35.5. The number of primary amides is 1. The Labute approximate surface area is 146 Å². The summed E-state index contributed by atoms with van der Waals surface area (Å²) in [6.45, 7) is -0.319. The third-order valence-electron chi connectivity index (χ3n) is 3.37. The smallest absolute Gasteiger partial charge is 0.255 e. The van der Waals surface area contributed by atoms with Crippen molar-refractivity contribution in [3.05, 3.63) is 65.4 Å². The van der Waals surface area contributed by atoms with Crippen LogP contribution >= 0.6 is 11.6 Å². The van der Waals surface area contributed by atoms with Crippen molar-refractivity contribution in [1.82, 2.24) is 9.55 Å². The fourth-order valence-electron chi connectivity index (χ4n) is 2.30. The largest absolute Gasteiger partial charge is 0.483 e. The minimum absolute atomic E-state index is 0.319. The molecule has 0 aliphatic heterocycles.